The molecule has 0 radical (unpaired) electrons. The van der Waals surface area contributed by atoms with Gasteiger partial charge in [-0.2, -0.15) is 0 Å². The predicted molar refractivity (Wildman–Crippen MR) is 137 cm³/mol. The SMILES string of the molecule is c1cc[c]([Sn]23[c]4ccccc4-c4ccccc4[N]2c2ccccc2-c2cccc[c]23)cc1. The van der Waals surface area contributed by atoms with Crippen molar-refractivity contribution < 1.29 is 0 Å². The van der Waals surface area contributed by atoms with Gasteiger partial charge in [-0.05, 0) is 0 Å². The van der Waals surface area contributed by atoms with Crippen molar-refractivity contribution in [1.82, 2.24) is 0 Å². The van der Waals surface area contributed by atoms with Crippen LogP contribution in [-0.2, 0) is 0 Å². The predicted octanol–water partition coefficient (Wildman–Crippen LogP) is 5.45. The molecule has 0 bridgehead atoms. The van der Waals surface area contributed by atoms with Crippen LogP contribution in [0, 0.1) is 0 Å². The molecule has 0 amide bonds. The van der Waals surface area contributed by atoms with Crippen molar-refractivity contribution in [3.63, 3.8) is 0 Å². The van der Waals surface area contributed by atoms with Gasteiger partial charge in [0.2, 0.25) is 0 Å². The quantitative estimate of drug-likeness (QED) is 0.269. The van der Waals surface area contributed by atoms with Crippen LogP contribution in [0.5, 0.6) is 0 Å². The first-order chi connectivity index (χ1) is 15.9. The molecule has 2 aliphatic heterocycles. The Hall–Kier alpha value is -3.30. The number of hydrogen-bond acceptors (Lipinski definition) is 1. The fourth-order valence-corrected chi connectivity index (χ4v) is 21.1. The fraction of sp³-hybridized carbons (Fsp3) is 0. The van der Waals surface area contributed by atoms with Crippen LogP contribution >= 0.6 is 0 Å². The van der Waals surface area contributed by atoms with Gasteiger partial charge in [-0.3, -0.25) is 0 Å². The van der Waals surface area contributed by atoms with Crippen molar-refractivity contribution in [2.75, 3.05) is 3.12 Å². The zero-order chi connectivity index (χ0) is 21.1. The summed E-state index contributed by atoms with van der Waals surface area (Å²) in [5, 5.41) is 0. The van der Waals surface area contributed by atoms with Crippen LogP contribution < -0.4 is 13.9 Å². The molecule has 5 aromatic rings. The molecule has 150 valence electrons. The Bertz CT molecular complexity index is 1400. The molecule has 0 spiro atoms. The first-order valence-electron chi connectivity index (χ1n) is 11.1. The first-order valence-corrected chi connectivity index (χ1v) is 16.7. The number of rotatable bonds is 1. The van der Waals surface area contributed by atoms with Gasteiger partial charge < -0.3 is 0 Å². The summed E-state index contributed by atoms with van der Waals surface area (Å²) in [6.45, 7) is 0. The van der Waals surface area contributed by atoms with E-state index in [-0.39, 0.29) is 0 Å². The van der Waals surface area contributed by atoms with Crippen LogP contribution in [0.4, 0.5) is 11.4 Å². The molecule has 0 fully saturated rings. The van der Waals surface area contributed by atoms with Gasteiger partial charge in [0.25, 0.3) is 0 Å². The zero-order valence-corrected chi connectivity index (χ0v) is 20.4. The van der Waals surface area contributed by atoms with E-state index in [0.717, 1.165) is 0 Å². The van der Waals surface area contributed by atoms with Crippen LogP contribution in [0.3, 0.4) is 0 Å². The molecule has 0 atom stereocenters. The molecule has 0 N–H and O–H groups in total. The van der Waals surface area contributed by atoms with E-state index in [1.165, 1.54) is 44.4 Å². The summed E-state index contributed by atoms with van der Waals surface area (Å²) in [5.74, 6) is 0. The van der Waals surface area contributed by atoms with E-state index in [1.54, 1.807) is 0 Å². The molecule has 2 heterocycles. The number of hydrogen-bond donors (Lipinski definition) is 0. The monoisotopic (exact) mass is 515 g/mol. The average Bonchev–Trinajstić information content (AvgIpc) is 2.89. The Labute approximate surface area is 192 Å². The van der Waals surface area contributed by atoms with Crippen LogP contribution in [-0.4, -0.2) is 18.7 Å². The van der Waals surface area contributed by atoms with Crippen LogP contribution in [0.15, 0.2) is 127 Å². The molecule has 2 aliphatic rings. The van der Waals surface area contributed by atoms with Crippen molar-refractivity contribution in [2.45, 2.75) is 0 Å². The van der Waals surface area contributed by atoms with Gasteiger partial charge in [-0.1, -0.05) is 0 Å². The Morgan fingerprint density at radius 2 is 0.781 bits per heavy atom. The third kappa shape index (κ3) is 2.24. The Morgan fingerprint density at radius 1 is 0.375 bits per heavy atom. The number of para-hydroxylation sites is 2. The maximum atomic E-state index is 2.79. The summed E-state index contributed by atoms with van der Waals surface area (Å²) in [7, 11) is 0. The third-order valence-corrected chi connectivity index (χ3v) is 20.6. The van der Waals surface area contributed by atoms with Crippen LogP contribution in [0.2, 0.25) is 0 Å². The Balaban J connectivity index is 1.75. The molecule has 7 rings (SSSR count). The van der Waals surface area contributed by atoms with Crippen LogP contribution in [0.25, 0.3) is 22.3 Å². The Morgan fingerprint density at radius 3 is 1.31 bits per heavy atom. The number of nitrogens with zero attached hydrogens (tertiary/aromatic N) is 1. The van der Waals surface area contributed by atoms with E-state index < -0.39 is 18.7 Å². The zero-order valence-electron chi connectivity index (χ0n) is 17.6. The van der Waals surface area contributed by atoms with E-state index in [2.05, 4.69) is 131 Å². The van der Waals surface area contributed by atoms with Crippen molar-refractivity contribution in [1.29, 1.82) is 0 Å². The maximum absolute atomic E-state index is 3.68. The molecular formula is C30H21NSn. The molecule has 0 saturated heterocycles. The van der Waals surface area contributed by atoms with E-state index in [1.807, 2.05) is 0 Å². The van der Waals surface area contributed by atoms with E-state index >= 15 is 0 Å². The van der Waals surface area contributed by atoms with Crippen molar-refractivity contribution in [2.24, 2.45) is 0 Å². The number of benzene rings is 5. The summed E-state index contributed by atoms with van der Waals surface area (Å²) < 4.78 is 7.35. The summed E-state index contributed by atoms with van der Waals surface area (Å²) in [5.41, 5.74) is 8.14. The molecule has 0 aliphatic carbocycles. The second-order valence-electron chi connectivity index (χ2n) is 8.54. The van der Waals surface area contributed by atoms with E-state index in [9.17, 15) is 0 Å². The molecule has 0 aromatic heterocycles. The summed E-state index contributed by atoms with van der Waals surface area (Å²) in [6, 6.07) is 47.6. The summed E-state index contributed by atoms with van der Waals surface area (Å²) in [4.78, 5) is 0. The molecule has 5 aromatic carbocycles. The van der Waals surface area contributed by atoms with Crippen molar-refractivity contribution in [3.8, 4) is 22.3 Å². The van der Waals surface area contributed by atoms with E-state index in [4.69, 9.17) is 0 Å². The third-order valence-electron chi connectivity index (χ3n) is 7.03. The second-order valence-corrected chi connectivity index (χ2v) is 18.6. The van der Waals surface area contributed by atoms with Gasteiger partial charge >= 0.3 is 194 Å². The fourth-order valence-electron chi connectivity index (χ4n) is 5.86. The molecule has 32 heavy (non-hydrogen) atoms. The first kappa shape index (κ1) is 18.3. The minimum atomic E-state index is -3.68. The van der Waals surface area contributed by atoms with Crippen LogP contribution in [0.1, 0.15) is 0 Å². The molecular weight excluding hydrogens is 493 g/mol. The summed E-state index contributed by atoms with van der Waals surface area (Å²) in [6.07, 6.45) is 0. The van der Waals surface area contributed by atoms with Gasteiger partial charge in [0.05, 0.1) is 0 Å². The van der Waals surface area contributed by atoms with Gasteiger partial charge in [-0.15, -0.1) is 0 Å². The standard InChI is InChI=1S/C24H16N.C6H5.Sn/c1-3-11-19(12-4-1)21-15-7-9-17-23(21)25-24-18-10-8-16-22(24)20-13-5-2-6-14-20;1-2-4-6-5-3-1;/h1-11,13,15-18H;1-5H;/q-1;;+1. The van der Waals surface area contributed by atoms with Gasteiger partial charge in [0.1, 0.15) is 0 Å². The number of anilines is 2. The average molecular weight is 514 g/mol. The molecule has 1 nitrogen and oxygen atoms in total. The second kappa shape index (κ2) is 6.85. The number of fused-ring (bicyclic) bond motifs is 11. The normalized spacial score (nSPS) is 14.4. The molecule has 2 heteroatoms. The van der Waals surface area contributed by atoms with Gasteiger partial charge in [0, 0.05) is 0 Å². The van der Waals surface area contributed by atoms with Crippen molar-refractivity contribution in [3.05, 3.63) is 127 Å². The molecule has 0 saturated carbocycles. The van der Waals surface area contributed by atoms with Gasteiger partial charge in [-0.25, -0.2) is 0 Å². The summed E-state index contributed by atoms with van der Waals surface area (Å²) >= 11 is -3.68. The van der Waals surface area contributed by atoms with Crippen molar-refractivity contribution >= 4 is 40.8 Å². The minimum absolute atomic E-state index is 1.33. The van der Waals surface area contributed by atoms with Gasteiger partial charge in [0.15, 0.2) is 0 Å². The topological polar surface area (TPSA) is 3.24 Å². The molecule has 0 unspecified atom stereocenters. The van der Waals surface area contributed by atoms with E-state index in [0.29, 0.717) is 0 Å². The Kier molecular flexibility index (Phi) is 3.91.